The normalized spacial score (nSPS) is 10.6. The molecule has 0 saturated heterocycles. The van der Waals surface area contributed by atoms with Gasteiger partial charge in [-0.1, -0.05) is 12.1 Å². The van der Waals surface area contributed by atoms with Crippen molar-refractivity contribution in [1.29, 1.82) is 0 Å². The molecule has 0 heterocycles. The van der Waals surface area contributed by atoms with Gasteiger partial charge in [-0.2, -0.15) is 8.78 Å². The maximum Gasteiger partial charge on any atom is 0.203 e. The van der Waals surface area contributed by atoms with Crippen LogP contribution in [0.5, 0.6) is 5.75 Å². The van der Waals surface area contributed by atoms with Crippen LogP contribution in [0.1, 0.15) is 5.56 Å². The minimum atomic E-state index is -1.61. The molecule has 2 aromatic rings. The van der Waals surface area contributed by atoms with E-state index in [1.807, 2.05) is 0 Å². The monoisotopic (exact) mass is 274 g/mol. The molecule has 0 aromatic heterocycles. The SMILES string of the molecule is Fc1ccc(COc2c(F)c(F)cc(F)c2F)cc1. The summed E-state index contributed by atoms with van der Waals surface area (Å²) in [6, 6.07) is 4.98. The number of benzene rings is 2. The van der Waals surface area contributed by atoms with Crippen molar-refractivity contribution in [2.45, 2.75) is 6.61 Å². The molecule has 0 amide bonds. The molecule has 6 heteroatoms. The summed E-state index contributed by atoms with van der Waals surface area (Å²) in [6.45, 7) is -0.350. The quantitative estimate of drug-likeness (QED) is 0.608. The molecule has 0 saturated carbocycles. The average molecular weight is 274 g/mol. The first kappa shape index (κ1) is 13.3. The highest BCUT2D eigenvalue weighted by molar-refractivity contribution is 5.29. The summed E-state index contributed by atoms with van der Waals surface area (Å²) in [7, 11) is 0. The Labute approximate surface area is 105 Å². The molecule has 100 valence electrons. The molecule has 1 nitrogen and oxygen atoms in total. The van der Waals surface area contributed by atoms with Crippen LogP contribution in [0.25, 0.3) is 0 Å². The van der Waals surface area contributed by atoms with Gasteiger partial charge in [0.25, 0.3) is 0 Å². The molecule has 0 aliphatic rings. The van der Waals surface area contributed by atoms with Crippen molar-refractivity contribution < 1.29 is 26.7 Å². The third-order valence-electron chi connectivity index (χ3n) is 2.37. The number of hydrogen-bond acceptors (Lipinski definition) is 1. The second kappa shape index (κ2) is 5.26. The smallest absolute Gasteiger partial charge is 0.203 e. The summed E-state index contributed by atoms with van der Waals surface area (Å²) in [5.41, 5.74) is 0.393. The van der Waals surface area contributed by atoms with Crippen LogP contribution < -0.4 is 4.74 Å². The summed E-state index contributed by atoms with van der Waals surface area (Å²) in [5.74, 6) is -7.94. The van der Waals surface area contributed by atoms with E-state index >= 15 is 0 Å². The summed E-state index contributed by atoms with van der Waals surface area (Å²) < 4.78 is 69.6. The Hall–Kier alpha value is -2.11. The summed E-state index contributed by atoms with van der Waals surface area (Å²) in [5, 5.41) is 0. The Morgan fingerprint density at radius 2 is 1.32 bits per heavy atom. The van der Waals surface area contributed by atoms with Gasteiger partial charge < -0.3 is 4.74 Å². The highest BCUT2D eigenvalue weighted by Crippen LogP contribution is 2.27. The fourth-order valence-electron chi connectivity index (χ4n) is 1.41. The second-order valence-electron chi connectivity index (χ2n) is 3.71. The zero-order valence-electron chi connectivity index (χ0n) is 9.39. The maximum absolute atomic E-state index is 13.2. The van der Waals surface area contributed by atoms with E-state index in [1.54, 1.807) is 0 Å². The topological polar surface area (TPSA) is 9.23 Å². The number of ether oxygens (including phenoxy) is 1. The number of halogens is 5. The van der Waals surface area contributed by atoms with E-state index in [4.69, 9.17) is 4.74 Å². The van der Waals surface area contributed by atoms with E-state index in [0.717, 1.165) is 12.1 Å². The van der Waals surface area contributed by atoms with E-state index < -0.39 is 34.8 Å². The van der Waals surface area contributed by atoms with Gasteiger partial charge in [-0.15, -0.1) is 0 Å². The Morgan fingerprint density at radius 1 is 0.789 bits per heavy atom. The van der Waals surface area contributed by atoms with Crippen LogP contribution in [0.3, 0.4) is 0 Å². The van der Waals surface area contributed by atoms with Crippen molar-refractivity contribution in [2.75, 3.05) is 0 Å². The van der Waals surface area contributed by atoms with E-state index in [1.165, 1.54) is 12.1 Å². The Bertz CT molecular complexity index is 569. The fourth-order valence-corrected chi connectivity index (χ4v) is 1.41. The summed E-state index contributed by atoms with van der Waals surface area (Å²) >= 11 is 0. The van der Waals surface area contributed by atoms with Crippen LogP contribution in [0.15, 0.2) is 30.3 Å². The van der Waals surface area contributed by atoms with Gasteiger partial charge in [-0.3, -0.25) is 0 Å². The largest absolute Gasteiger partial charge is 0.483 e. The first-order chi connectivity index (χ1) is 8.99. The van der Waals surface area contributed by atoms with E-state index in [-0.39, 0.29) is 12.7 Å². The Kier molecular flexibility index (Phi) is 3.69. The highest BCUT2D eigenvalue weighted by atomic mass is 19.2. The first-order valence-electron chi connectivity index (χ1n) is 5.19. The third kappa shape index (κ3) is 2.83. The van der Waals surface area contributed by atoms with Gasteiger partial charge >= 0.3 is 0 Å². The standard InChI is InChI=1S/C13H7F5O/c14-8-3-1-7(2-4-8)6-19-13-11(17)9(15)5-10(16)12(13)18/h1-5H,6H2. The lowest BCUT2D eigenvalue weighted by atomic mass is 10.2. The highest BCUT2D eigenvalue weighted by Gasteiger charge is 2.20. The van der Waals surface area contributed by atoms with Gasteiger partial charge in [0.05, 0.1) is 0 Å². The molecule has 0 fully saturated rings. The average Bonchev–Trinajstić information content (AvgIpc) is 2.38. The minimum absolute atomic E-state index is 0.0927. The number of rotatable bonds is 3. The predicted octanol–water partition coefficient (Wildman–Crippen LogP) is 3.96. The van der Waals surface area contributed by atoms with Crippen molar-refractivity contribution >= 4 is 0 Å². The van der Waals surface area contributed by atoms with Crippen molar-refractivity contribution in [2.24, 2.45) is 0 Å². The number of hydrogen-bond donors (Lipinski definition) is 0. The molecular formula is C13H7F5O. The molecule has 0 spiro atoms. The predicted molar refractivity (Wildman–Crippen MR) is 57.0 cm³/mol. The molecule has 0 atom stereocenters. The molecule has 0 radical (unpaired) electrons. The summed E-state index contributed by atoms with van der Waals surface area (Å²) in [6.07, 6.45) is 0. The minimum Gasteiger partial charge on any atom is -0.483 e. The van der Waals surface area contributed by atoms with Crippen molar-refractivity contribution in [3.63, 3.8) is 0 Å². The molecule has 0 aliphatic heterocycles. The van der Waals surface area contributed by atoms with E-state index in [0.29, 0.717) is 5.56 Å². The molecule has 2 rings (SSSR count). The van der Waals surface area contributed by atoms with Crippen LogP contribution in [-0.2, 0) is 6.61 Å². The lowest BCUT2D eigenvalue weighted by Gasteiger charge is -2.09. The zero-order valence-corrected chi connectivity index (χ0v) is 9.39. The molecular weight excluding hydrogens is 267 g/mol. The lowest BCUT2D eigenvalue weighted by molar-refractivity contribution is 0.261. The fraction of sp³-hybridized carbons (Fsp3) is 0.0769. The molecule has 0 aliphatic carbocycles. The second-order valence-corrected chi connectivity index (χ2v) is 3.71. The Balaban J connectivity index is 2.22. The molecule has 2 aromatic carbocycles. The first-order valence-corrected chi connectivity index (χ1v) is 5.19. The van der Waals surface area contributed by atoms with Crippen LogP contribution in [0, 0.1) is 29.1 Å². The molecule has 0 N–H and O–H groups in total. The van der Waals surface area contributed by atoms with Gasteiger partial charge in [0.15, 0.2) is 17.4 Å². The molecule has 0 unspecified atom stereocenters. The van der Waals surface area contributed by atoms with Gasteiger partial charge in [-0.25, -0.2) is 13.2 Å². The van der Waals surface area contributed by atoms with Crippen LogP contribution >= 0.6 is 0 Å². The summed E-state index contributed by atoms with van der Waals surface area (Å²) in [4.78, 5) is 0. The molecule has 0 bridgehead atoms. The van der Waals surface area contributed by atoms with Crippen LogP contribution in [0.2, 0.25) is 0 Å². The van der Waals surface area contributed by atoms with Gasteiger partial charge in [0.1, 0.15) is 12.4 Å². The van der Waals surface area contributed by atoms with Crippen molar-refractivity contribution in [3.05, 3.63) is 65.0 Å². The van der Waals surface area contributed by atoms with Crippen LogP contribution in [-0.4, -0.2) is 0 Å². The zero-order chi connectivity index (χ0) is 14.0. The maximum atomic E-state index is 13.2. The van der Waals surface area contributed by atoms with E-state index in [9.17, 15) is 22.0 Å². The van der Waals surface area contributed by atoms with Gasteiger partial charge in [-0.05, 0) is 17.7 Å². The van der Waals surface area contributed by atoms with Gasteiger partial charge in [0.2, 0.25) is 11.6 Å². The lowest BCUT2D eigenvalue weighted by Crippen LogP contribution is -2.03. The van der Waals surface area contributed by atoms with Crippen molar-refractivity contribution in [3.8, 4) is 5.75 Å². The Morgan fingerprint density at radius 3 is 1.84 bits per heavy atom. The van der Waals surface area contributed by atoms with Crippen molar-refractivity contribution in [1.82, 2.24) is 0 Å². The van der Waals surface area contributed by atoms with Gasteiger partial charge in [0, 0.05) is 6.07 Å². The van der Waals surface area contributed by atoms with E-state index in [2.05, 4.69) is 0 Å². The third-order valence-corrected chi connectivity index (χ3v) is 2.37. The molecule has 19 heavy (non-hydrogen) atoms. The van der Waals surface area contributed by atoms with Crippen LogP contribution in [0.4, 0.5) is 22.0 Å².